The largest absolute Gasteiger partial charge is 0.462 e. The number of carbonyl (C=O) groups is 1. The Labute approximate surface area is 145 Å². The minimum atomic E-state index is -0.456. The first-order valence-corrected chi connectivity index (χ1v) is 8.23. The highest BCUT2D eigenvalue weighted by molar-refractivity contribution is 5.94. The quantitative estimate of drug-likeness (QED) is 0.686. The molecule has 0 atom stereocenters. The molecule has 3 aromatic rings. The Morgan fingerprint density at radius 3 is 2.56 bits per heavy atom. The van der Waals surface area contributed by atoms with Gasteiger partial charge in [0.15, 0.2) is 0 Å². The molecule has 0 radical (unpaired) electrons. The van der Waals surface area contributed by atoms with Crippen molar-refractivity contribution in [3.8, 4) is 0 Å². The van der Waals surface area contributed by atoms with Crippen molar-refractivity contribution in [2.75, 3.05) is 6.61 Å². The van der Waals surface area contributed by atoms with Crippen LogP contribution in [0.15, 0.2) is 47.4 Å². The van der Waals surface area contributed by atoms with Crippen molar-refractivity contribution >= 4 is 16.9 Å². The molecular formula is C20H20N2O3. The van der Waals surface area contributed by atoms with Crippen LogP contribution in [0.25, 0.3) is 10.9 Å². The minimum Gasteiger partial charge on any atom is -0.462 e. The average molecular weight is 336 g/mol. The predicted molar refractivity (Wildman–Crippen MR) is 97.0 cm³/mol. The van der Waals surface area contributed by atoms with Gasteiger partial charge in [0.2, 0.25) is 0 Å². The van der Waals surface area contributed by atoms with Gasteiger partial charge < -0.3 is 9.30 Å². The standard InChI is InChI=1S/C20H20N2O3/c1-4-25-20(24)16-11-17-18(21-14(16)3)9-10-22(19(17)23)12-15-7-5-13(2)6-8-15/h5-11H,4,12H2,1-3H3. The summed E-state index contributed by atoms with van der Waals surface area (Å²) in [7, 11) is 0. The van der Waals surface area contributed by atoms with Crippen LogP contribution in [0.3, 0.4) is 0 Å². The van der Waals surface area contributed by atoms with Crippen molar-refractivity contribution in [3.05, 3.63) is 75.3 Å². The molecule has 128 valence electrons. The lowest BCUT2D eigenvalue weighted by molar-refractivity contribution is 0.0525. The van der Waals surface area contributed by atoms with Crippen molar-refractivity contribution in [3.63, 3.8) is 0 Å². The summed E-state index contributed by atoms with van der Waals surface area (Å²) >= 11 is 0. The first kappa shape index (κ1) is 16.9. The van der Waals surface area contributed by atoms with Gasteiger partial charge >= 0.3 is 5.97 Å². The fourth-order valence-corrected chi connectivity index (χ4v) is 2.74. The predicted octanol–water partition coefficient (Wildman–Crippen LogP) is 3.24. The zero-order valence-electron chi connectivity index (χ0n) is 14.6. The van der Waals surface area contributed by atoms with E-state index < -0.39 is 5.97 Å². The van der Waals surface area contributed by atoms with E-state index in [2.05, 4.69) is 4.98 Å². The van der Waals surface area contributed by atoms with E-state index in [1.54, 1.807) is 36.7 Å². The Bertz CT molecular complexity index is 988. The molecule has 0 N–H and O–H groups in total. The number of esters is 1. The maximum Gasteiger partial charge on any atom is 0.339 e. The van der Waals surface area contributed by atoms with Crippen molar-refractivity contribution < 1.29 is 9.53 Å². The maximum atomic E-state index is 12.8. The van der Waals surface area contributed by atoms with Crippen LogP contribution in [-0.2, 0) is 11.3 Å². The smallest absolute Gasteiger partial charge is 0.339 e. The lowest BCUT2D eigenvalue weighted by atomic mass is 10.1. The van der Waals surface area contributed by atoms with Crippen LogP contribution >= 0.6 is 0 Å². The van der Waals surface area contributed by atoms with E-state index in [1.807, 2.05) is 31.2 Å². The summed E-state index contributed by atoms with van der Waals surface area (Å²) in [5.41, 5.74) is 3.51. The van der Waals surface area contributed by atoms with Crippen LogP contribution in [0.4, 0.5) is 0 Å². The van der Waals surface area contributed by atoms with Crippen LogP contribution < -0.4 is 5.56 Å². The number of ether oxygens (including phenoxy) is 1. The Kier molecular flexibility index (Phi) is 4.65. The molecule has 1 aromatic carbocycles. The summed E-state index contributed by atoms with van der Waals surface area (Å²) < 4.78 is 6.67. The van der Waals surface area contributed by atoms with Crippen LogP contribution in [0.1, 0.15) is 34.1 Å². The Hall–Kier alpha value is -2.95. The Balaban J connectivity index is 2.06. The summed E-state index contributed by atoms with van der Waals surface area (Å²) in [5, 5.41) is 0.420. The molecule has 0 aliphatic carbocycles. The average Bonchev–Trinajstić information content (AvgIpc) is 2.59. The number of rotatable bonds is 4. The molecular weight excluding hydrogens is 316 g/mol. The maximum absolute atomic E-state index is 12.8. The van der Waals surface area contributed by atoms with E-state index in [1.165, 1.54) is 5.56 Å². The van der Waals surface area contributed by atoms with E-state index >= 15 is 0 Å². The van der Waals surface area contributed by atoms with E-state index in [0.29, 0.717) is 28.7 Å². The monoisotopic (exact) mass is 336 g/mol. The van der Waals surface area contributed by atoms with Gasteiger partial charge in [-0.25, -0.2) is 4.79 Å². The number of nitrogens with zero attached hydrogens (tertiary/aromatic N) is 2. The molecule has 0 spiro atoms. The number of aromatic nitrogens is 2. The highest BCUT2D eigenvalue weighted by Crippen LogP contribution is 2.15. The van der Waals surface area contributed by atoms with Gasteiger partial charge in [-0.3, -0.25) is 9.78 Å². The first-order chi connectivity index (χ1) is 12.0. The van der Waals surface area contributed by atoms with Gasteiger partial charge in [0, 0.05) is 6.20 Å². The molecule has 25 heavy (non-hydrogen) atoms. The molecule has 0 aliphatic rings. The van der Waals surface area contributed by atoms with Crippen molar-refractivity contribution in [1.29, 1.82) is 0 Å². The molecule has 0 saturated carbocycles. The highest BCUT2D eigenvalue weighted by Gasteiger charge is 2.15. The fraction of sp³-hybridized carbons (Fsp3) is 0.250. The third-order valence-electron chi connectivity index (χ3n) is 4.12. The van der Waals surface area contributed by atoms with Gasteiger partial charge in [-0.15, -0.1) is 0 Å². The molecule has 0 aliphatic heterocycles. The molecule has 0 bridgehead atoms. The van der Waals surface area contributed by atoms with Crippen molar-refractivity contribution in [2.24, 2.45) is 0 Å². The number of carbonyl (C=O) groups excluding carboxylic acids is 1. The van der Waals surface area contributed by atoms with Gasteiger partial charge in [-0.05, 0) is 38.5 Å². The molecule has 5 heteroatoms. The number of benzene rings is 1. The van der Waals surface area contributed by atoms with E-state index in [4.69, 9.17) is 4.74 Å². The summed E-state index contributed by atoms with van der Waals surface area (Å²) in [4.78, 5) is 29.3. The number of fused-ring (bicyclic) bond motifs is 1. The van der Waals surface area contributed by atoms with Crippen LogP contribution in [0.5, 0.6) is 0 Å². The van der Waals surface area contributed by atoms with Gasteiger partial charge in [0.05, 0.1) is 35.3 Å². The second kappa shape index (κ2) is 6.89. The molecule has 5 nitrogen and oxygen atoms in total. The minimum absolute atomic E-state index is 0.170. The van der Waals surface area contributed by atoms with Gasteiger partial charge in [0.25, 0.3) is 5.56 Å². The Morgan fingerprint density at radius 1 is 1.16 bits per heavy atom. The summed E-state index contributed by atoms with van der Waals surface area (Å²) in [5.74, 6) is -0.456. The third kappa shape index (κ3) is 3.45. The Morgan fingerprint density at radius 2 is 1.88 bits per heavy atom. The van der Waals surface area contributed by atoms with Crippen molar-refractivity contribution in [2.45, 2.75) is 27.3 Å². The first-order valence-electron chi connectivity index (χ1n) is 8.23. The number of hydrogen-bond donors (Lipinski definition) is 0. The van der Waals surface area contributed by atoms with Crippen LogP contribution in [0.2, 0.25) is 0 Å². The normalized spacial score (nSPS) is 10.8. The SMILES string of the molecule is CCOC(=O)c1cc2c(=O)n(Cc3ccc(C)cc3)ccc2nc1C. The second-order valence-corrected chi connectivity index (χ2v) is 6.01. The van der Waals surface area contributed by atoms with Crippen LogP contribution in [-0.4, -0.2) is 22.1 Å². The van der Waals surface area contributed by atoms with E-state index in [0.717, 1.165) is 5.56 Å². The lowest BCUT2D eigenvalue weighted by Crippen LogP contribution is -2.21. The molecule has 2 aromatic heterocycles. The molecule has 0 unspecified atom stereocenters. The second-order valence-electron chi connectivity index (χ2n) is 6.01. The van der Waals surface area contributed by atoms with Gasteiger partial charge in [-0.1, -0.05) is 29.8 Å². The summed E-state index contributed by atoms with van der Waals surface area (Å²) in [6, 6.07) is 11.4. The highest BCUT2D eigenvalue weighted by atomic mass is 16.5. The third-order valence-corrected chi connectivity index (χ3v) is 4.12. The summed E-state index contributed by atoms with van der Waals surface area (Å²) in [6.07, 6.45) is 1.74. The molecule has 0 amide bonds. The van der Waals surface area contributed by atoms with E-state index in [9.17, 15) is 9.59 Å². The molecule has 0 fully saturated rings. The topological polar surface area (TPSA) is 61.2 Å². The lowest BCUT2D eigenvalue weighted by Gasteiger charge is -2.10. The van der Waals surface area contributed by atoms with Crippen molar-refractivity contribution in [1.82, 2.24) is 9.55 Å². The fourth-order valence-electron chi connectivity index (χ4n) is 2.74. The number of aryl methyl sites for hydroxylation is 2. The molecule has 0 saturated heterocycles. The summed E-state index contributed by atoms with van der Waals surface area (Å²) in [6.45, 7) is 6.26. The number of pyridine rings is 2. The zero-order valence-corrected chi connectivity index (χ0v) is 14.6. The number of hydrogen-bond acceptors (Lipinski definition) is 4. The van der Waals surface area contributed by atoms with Gasteiger partial charge in [-0.2, -0.15) is 0 Å². The van der Waals surface area contributed by atoms with E-state index in [-0.39, 0.29) is 12.2 Å². The van der Waals surface area contributed by atoms with Crippen LogP contribution in [0, 0.1) is 13.8 Å². The zero-order chi connectivity index (χ0) is 18.0. The molecule has 2 heterocycles. The van der Waals surface area contributed by atoms with Gasteiger partial charge in [0.1, 0.15) is 0 Å². The molecule has 3 rings (SSSR count).